The fourth-order valence-corrected chi connectivity index (χ4v) is 3.37. The van der Waals surface area contributed by atoms with Gasteiger partial charge in [0.1, 0.15) is 6.54 Å². The number of rotatable bonds is 4. The summed E-state index contributed by atoms with van der Waals surface area (Å²) in [6, 6.07) is 9.89. The average molecular weight is 394 g/mol. The number of nitrogens with two attached hydrogens (primary N) is 1. The molecule has 2 aromatic carbocycles. The van der Waals surface area contributed by atoms with Crippen molar-refractivity contribution in [1.82, 2.24) is 0 Å². The number of imide groups is 1. The minimum atomic E-state index is -0.470. The summed E-state index contributed by atoms with van der Waals surface area (Å²) >= 11 is 11.9. The third kappa shape index (κ3) is 3.11. The molecule has 4 rings (SSSR count). The van der Waals surface area contributed by atoms with Gasteiger partial charge < -0.3 is 14.8 Å². The maximum absolute atomic E-state index is 12.7. The predicted molar refractivity (Wildman–Crippen MR) is 95.6 cm³/mol. The molecular weight excluding hydrogens is 379 g/mol. The molecule has 2 aliphatic heterocycles. The molecular formula is C18H15Cl2N2O4+. The molecule has 2 aliphatic rings. The van der Waals surface area contributed by atoms with E-state index in [4.69, 9.17) is 32.7 Å². The molecule has 0 aliphatic carbocycles. The summed E-state index contributed by atoms with van der Waals surface area (Å²) in [6.45, 7) is 0.770. The lowest BCUT2D eigenvalue weighted by atomic mass is 10.1. The molecule has 1 atom stereocenters. The zero-order valence-corrected chi connectivity index (χ0v) is 15.1. The van der Waals surface area contributed by atoms with Gasteiger partial charge in [0.15, 0.2) is 17.5 Å². The molecule has 8 heteroatoms. The molecule has 0 unspecified atom stereocenters. The molecule has 0 bridgehead atoms. The van der Waals surface area contributed by atoms with Gasteiger partial charge in [-0.2, -0.15) is 0 Å². The number of anilines is 1. The summed E-state index contributed by atoms with van der Waals surface area (Å²) in [5, 5.41) is 2.54. The van der Waals surface area contributed by atoms with Crippen molar-refractivity contribution in [2.75, 3.05) is 11.7 Å². The lowest BCUT2D eigenvalue weighted by Crippen LogP contribution is -2.90. The van der Waals surface area contributed by atoms with Crippen LogP contribution in [-0.2, 0) is 16.1 Å². The number of nitrogens with zero attached hydrogens (tertiary/aromatic N) is 1. The van der Waals surface area contributed by atoms with E-state index in [0.717, 1.165) is 5.56 Å². The molecule has 0 spiro atoms. The Balaban J connectivity index is 1.46. The van der Waals surface area contributed by atoms with Gasteiger partial charge in [-0.1, -0.05) is 23.2 Å². The van der Waals surface area contributed by atoms with E-state index in [0.29, 0.717) is 33.8 Å². The highest BCUT2D eigenvalue weighted by molar-refractivity contribution is 6.42. The highest BCUT2D eigenvalue weighted by Gasteiger charge is 2.42. The molecule has 0 radical (unpaired) electrons. The number of carbonyl (C=O) groups excluding carboxylic acids is 2. The number of quaternary nitrogens is 1. The van der Waals surface area contributed by atoms with E-state index in [1.54, 1.807) is 12.1 Å². The summed E-state index contributed by atoms with van der Waals surface area (Å²) in [5.41, 5.74) is 1.43. The van der Waals surface area contributed by atoms with Crippen molar-refractivity contribution in [2.24, 2.45) is 0 Å². The van der Waals surface area contributed by atoms with E-state index in [2.05, 4.69) is 0 Å². The van der Waals surface area contributed by atoms with Gasteiger partial charge in [0.2, 0.25) is 12.7 Å². The molecule has 2 aromatic rings. The van der Waals surface area contributed by atoms with Crippen LogP contribution in [0.5, 0.6) is 11.5 Å². The van der Waals surface area contributed by atoms with Crippen LogP contribution in [0.4, 0.5) is 5.69 Å². The number of benzene rings is 2. The predicted octanol–water partition coefficient (Wildman–Crippen LogP) is 2.12. The third-order valence-corrected chi connectivity index (χ3v) is 5.16. The first-order chi connectivity index (χ1) is 12.5. The van der Waals surface area contributed by atoms with Gasteiger partial charge in [-0.05, 0) is 36.4 Å². The molecule has 6 nitrogen and oxygen atoms in total. The van der Waals surface area contributed by atoms with Gasteiger partial charge in [-0.15, -0.1) is 0 Å². The van der Waals surface area contributed by atoms with E-state index < -0.39 is 6.04 Å². The number of halogens is 2. The first kappa shape index (κ1) is 17.1. The van der Waals surface area contributed by atoms with Crippen molar-refractivity contribution < 1.29 is 24.4 Å². The first-order valence-corrected chi connectivity index (χ1v) is 8.82. The summed E-state index contributed by atoms with van der Waals surface area (Å²) in [5.74, 6) is 0.906. The lowest BCUT2D eigenvalue weighted by Gasteiger charge is -2.15. The quantitative estimate of drug-likeness (QED) is 0.807. The molecule has 2 heterocycles. The van der Waals surface area contributed by atoms with Crippen molar-refractivity contribution in [3.63, 3.8) is 0 Å². The zero-order valence-electron chi connectivity index (χ0n) is 13.6. The molecule has 0 aromatic heterocycles. The smallest absolute Gasteiger partial charge is 0.292 e. The molecule has 2 N–H and O–H groups in total. The van der Waals surface area contributed by atoms with Crippen LogP contribution in [0.3, 0.4) is 0 Å². The van der Waals surface area contributed by atoms with Crippen LogP contribution < -0.4 is 19.7 Å². The Labute approximate surface area is 159 Å². The van der Waals surface area contributed by atoms with Gasteiger partial charge in [0, 0.05) is 5.56 Å². The highest BCUT2D eigenvalue weighted by Crippen LogP contribution is 2.32. The number of fused-ring (bicyclic) bond motifs is 1. The van der Waals surface area contributed by atoms with Crippen LogP contribution in [0.25, 0.3) is 0 Å². The molecule has 134 valence electrons. The third-order valence-electron chi connectivity index (χ3n) is 4.42. The Morgan fingerprint density at radius 2 is 1.85 bits per heavy atom. The lowest BCUT2D eigenvalue weighted by molar-refractivity contribution is -0.690. The minimum absolute atomic E-state index is 0.142. The maximum Gasteiger partial charge on any atom is 0.292 e. The number of hydrogen-bond acceptors (Lipinski definition) is 4. The van der Waals surface area contributed by atoms with Crippen LogP contribution in [0.2, 0.25) is 10.0 Å². The number of ether oxygens (including phenoxy) is 2. The van der Waals surface area contributed by atoms with E-state index in [1.165, 1.54) is 11.0 Å². The topological polar surface area (TPSA) is 72.5 Å². The summed E-state index contributed by atoms with van der Waals surface area (Å²) < 4.78 is 10.6. The Morgan fingerprint density at radius 3 is 2.65 bits per heavy atom. The largest absolute Gasteiger partial charge is 0.454 e. The number of amides is 2. The van der Waals surface area contributed by atoms with Gasteiger partial charge in [-0.25, -0.2) is 4.90 Å². The second-order valence-corrected chi connectivity index (χ2v) is 6.92. The fraction of sp³-hybridized carbons (Fsp3) is 0.222. The minimum Gasteiger partial charge on any atom is -0.454 e. The van der Waals surface area contributed by atoms with E-state index >= 15 is 0 Å². The van der Waals surface area contributed by atoms with Crippen LogP contribution in [-0.4, -0.2) is 24.6 Å². The normalized spacial score (nSPS) is 18.7. The Bertz CT molecular complexity index is 903. The van der Waals surface area contributed by atoms with E-state index in [1.807, 2.05) is 23.5 Å². The fourth-order valence-electron chi connectivity index (χ4n) is 3.08. The van der Waals surface area contributed by atoms with E-state index in [-0.39, 0.29) is 25.0 Å². The zero-order chi connectivity index (χ0) is 18.3. The maximum atomic E-state index is 12.7. The second-order valence-electron chi connectivity index (χ2n) is 6.10. The SMILES string of the molecule is O=C1C[C@@H]([NH2+]Cc2ccc3c(c2)OCO3)C(=O)N1c1ccc(Cl)c(Cl)c1. The Kier molecular flexibility index (Phi) is 4.48. The van der Waals surface area contributed by atoms with Gasteiger partial charge in [0.25, 0.3) is 5.91 Å². The second kappa shape index (κ2) is 6.79. The van der Waals surface area contributed by atoms with Crippen molar-refractivity contribution in [1.29, 1.82) is 0 Å². The van der Waals surface area contributed by atoms with Crippen LogP contribution >= 0.6 is 23.2 Å². The molecule has 2 amide bonds. The van der Waals surface area contributed by atoms with Gasteiger partial charge in [0.05, 0.1) is 22.2 Å². The van der Waals surface area contributed by atoms with E-state index in [9.17, 15) is 9.59 Å². The Morgan fingerprint density at radius 1 is 1.04 bits per heavy atom. The van der Waals surface area contributed by atoms with Crippen molar-refractivity contribution in [2.45, 2.75) is 19.0 Å². The monoisotopic (exact) mass is 393 g/mol. The molecule has 26 heavy (non-hydrogen) atoms. The highest BCUT2D eigenvalue weighted by atomic mass is 35.5. The number of hydrogen-bond donors (Lipinski definition) is 1. The summed E-state index contributed by atoms with van der Waals surface area (Å²) in [4.78, 5) is 26.2. The van der Waals surface area contributed by atoms with Crippen LogP contribution in [0.15, 0.2) is 36.4 Å². The first-order valence-electron chi connectivity index (χ1n) is 8.06. The van der Waals surface area contributed by atoms with Crippen LogP contribution in [0.1, 0.15) is 12.0 Å². The Hall–Kier alpha value is -2.28. The van der Waals surface area contributed by atoms with Gasteiger partial charge in [-0.3, -0.25) is 9.59 Å². The molecule has 1 saturated heterocycles. The average Bonchev–Trinajstić information content (AvgIpc) is 3.19. The molecule has 0 saturated carbocycles. The van der Waals surface area contributed by atoms with Crippen molar-refractivity contribution >= 4 is 40.7 Å². The summed E-state index contributed by atoms with van der Waals surface area (Å²) in [7, 11) is 0. The summed E-state index contributed by atoms with van der Waals surface area (Å²) in [6.07, 6.45) is 0.142. The van der Waals surface area contributed by atoms with Crippen molar-refractivity contribution in [3.8, 4) is 11.5 Å². The van der Waals surface area contributed by atoms with Crippen molar-refractivity contribution in [3.05, 3.63) is 52.0 Å². The van der Waals surface area contributed by atoms with Gasteiger partial charge >= 0.3 is 0 Å². The van der Waals surface area contributed by atoms with Crippen LogP contribution in [0, 0.1) is 0 Å². The number of carbonyl (C=O) groups is 2. The molecule has 1 fully saturated rings. The standard InChI is InChI=1S/C18H14Cl2N2O4/c19-12-3-2-11(6-13(12)20)22-17(23)7-14(18(22)24)21-8-10-1-4-15-16(5-10)26-9-25-15/h1-6,14,21H,7-9H2/p+1/t14-/m1/s1.